The van der Waals surface area contributed by atoms with E-state index in [-0.39, 0.29) is 11.6 Å². The monoisotopic (exact) mass is 474 g/mol. The van der Waals surface area contributed by atoms with E-state index in [4.69, 9.17) is 4.98 Å². The topological polar surface area (TPSA) is 58.9 Å². The van der Waals surface area contributed by atoms with Crippen molar-refractivity contribution in [3.05, 3.63) is 52.7 Å². The van der Waals surface area contributed by atoms with Gasteiger partial charge in [-0.3, -0.25) is 0 Å². The lowest BCUT2D eigenvalue weighted by molar-refractivity contribution is 0.377. The van der Waals surface area contributed by atoms with Gasteiger partial charge < -0.3 is 10.2 Å². The zero-order valence-electron chi connectivity index (χ0n) is 18.3. The van der Waals surface area contributed by atoms with Crippen LogP contribution in [-0.4, -0.2) is 38.3 Å². The first kappa shape index (κ1) is 20.9. The molecule has 1 saturated carbocycles. The highest BCUT2D eigenvalue weighted by molar-refractivity contribution is 7.10. The fraction of sp³-hybridized carbons (Fsp3) is 0.522. The van der Waals surface area contributed by atoms with Crippen molar-refractivity contribution in [2.45, 2.75) is 51.1 Å². The molecule has 4 heterocycles. The lowest BCUT2D eigenvalue weighted by Gasteiger charge is -2.38. The van der Waals surface area contributed by atoms with Crippen molar-refractivity contribution in [3.8, 4) is 0 Å². The van der Waals surface area contributed by atoms with Crippen LogP contribution in [0.4, 0.5) is 24.1 Å². The van der Waals surface area contributed by atoms with Crippen LogP contribution in [0.15, 0.2) is 18.2 Å². The number of aromatic nitrogens is 4. The lowest BCUT2D eigenvalue weighted by Crippen LogP contribution is -2.48. The maximum absolute atomic E-state index is 14.5. The third kappa shape index (κ3) is 3.59. The second-order valence-electron chi connectivity index (χ2n) is 9.46. The molecule has 2 bridgehead atoms. The summed E-state index contributed by atoms with van der Waals surface area (Å²) in [5, 5.41) is 9.46. The van der Waals surface area contributed by atoms with Crippen LogP contribution in [-0.2, 0) is 6.54 Å². The summed E-state index contributed by atoms with van der Waals surface area (Å²) in [6, 6.07) is 4.75. The van der Waals surface area contributed by atoms with E-state index in [9.17, 15) is 13.2 Å². The molecule has 0 spiro atoms. The molecule has 0 radical (unpaired) electrons. The van der Waals surface area contributed by atoms with Crippen LogP contribution in [0.25, 0.3) is 0 Å². The van der Waals surface area contributed by atoms with Gasteiger partial charge in [-0.05, 0) is 68.1 Å². The molecule has 2 fully saturated rings. The molecule has 3 aromatic rings. The highest BCUT2D eigenvalue weighted by atomic mass is 32.1. The minimum absolute atomic E-state index is 0.141. The molecule has 2 unspecified atom stereocenters. The van der Waals surface area contributed by atoms with E-state index in [2.05, 4.69) is 25.8 Å². The molecule has 2 aliphatic heterocycles. The van der Waals surface area contributed by atoms with Gasteiger partial charge in [0.25, 0.3) is 0 Å². The Morgan fingerprint density at radius 2 is 1.85 bits per heavy atom. The largest absolute Gasteiger partial charge is 0.361 e. The van der Waals surface area contributed by atoms with Gasteiger partial charge in [-0.25, -0.2) is 17.9 Å². The number of hydrogen-bond acceptors (Lipinski definition) is 6. The van der Waals surface area contributed by atoms with Crippen molar-refractivity contribution in [2.24, 2.45) is 11.8 Å². The van der Waals surface area contributed by atoms with E-state index in [0.29, 0.717) is 36.6 Å². The van der Waals surface area contributed by atoms with Crippen LogP contribution in [0.1, 0.15) is 48.7 Å². The van der Waals surface area contributed by atoms with Crippen molar-refractivity contribution < 1.29 is 13.2 Å². The fourth-order valence-corrected chi connectivity index (χ4v) is 6.58. The highest BCUT2D eigenvalue weighted by Crippen LogP contribution is 2.41. The molecule has 1 aliphatic carbocycles. The predicted octanol–water partition coefficient (Wildman–Crippen LogP) is 4.71. The molecule has 174 valence electrons. The summed E-state index contributed by atoms with van der Waals surface area (Å²) < 4.78 is 48.0. The zero-order chi connectivity index (χ0) is 22.7. The maximum Gasteiger partial charge on any atom is 0.242 e. The van der Waals surface area contributed by atoms with Crippen LogP contribution >= 0.6 is 11.5 Å². The van der Waals surface area contributed by atoms with Crippen molar-refractivity contribution in [3.63, 3.8) is 0 Å². The number of hydrogen-bond donors (Lipinski definition) is 1. The molecule has 3 aliphatic rings. The number of rotatable bonds is 4. The minimum atomic E-state index is -1.43. The van der Waals surface area contributed by atoms with Crippen LogP contribution in [0.2, 0.25) is 0 Å². The molecule has 6 nitrogen and oxygen atoms in total. The van der Waals surface area contributed by atoms with E-state index in [0.717, 1.165) is 44.1 Å². The maximum atomic E-state index is 14.5. The lowest BCUT2D eigenvalue weighted by atomic mass is 9.90. The second kappa shape index (κ2) is 8.00. The fourth-order valence-electron chi connectivity index (χ4n) is 5.80. The van der Waals surface area contributed by atoms with Gasteiger partial charge in [0.15, 0.2) is 17.5 Å². The number of nitrogens with zero attached hydrogens (tertiary/aromatic N) is 5. The number of piperidine rings is 1. The minimum Gasteiger partial charge on any atom is -0.361 e. The van der Waals surface area contributed by atoms with E-state index < -0.39 is 23.4 Å². The van der Waals surface area contributed by atoms with Gasteiger partial charge in [-0.15, -0.1) is 5.10 Å². The van der Waals surface area contributed by atoms with Gasteiger partial charge >= 0.3 is 0 Å². The van der Waals surface area contributed by atoms with Crippen molar-refractivity contribution in [1.29, 1.82) is 0 Å². The molecule has 0 amide bonds. The van der Waals surface area contributed by atoms with Crippen LogP contribution in [0.3, 0.4) is 0 Å². The molecule has 6 rings (SSSR count). The number of aryl methyl sites for hydroxylation is 2. The number of fused-ring (bicyclic) bond motifs is 3. The second-order valence-corrected chi connectivity index (χ2v) is 10.2. The van der Waals surface area contributed by atoms with Gasteiger partial charge in [0, 0.05) is 37.2 Å². The molecule has 1 N–H and O–H groups in total. The smallest absolute Gasteiger partial charge is 0.242 e. The molecular weight excluding hydrogens is 449 g/mol. The molecule has 1 saturated heterocycles. The van der Waals surface area contributed by atoms with Crippen molar-refractivity contribution >= 4 is 22.5 Å². The van der Waals surface area contributed by atoms with Crippen LogP contribution in [0, 0.1) is 36.2 Å². The molecule has 2 aromatic heterocycles. The zero-order valence-corrected chi connectivity index (χ0v) is 19.1. The molecule has 10 heteroatoms. The Hall–Kier alpha value is -2.62. The summed E-state index contributed by atoms with van der Waals surface area (Å²) in [7, 11) is 0. The summed E-state index contributed by atoms with van der Waals surface area (Å²) in [5.41, 5.74) is 1.20. The number of anilines is 2. The number of halogens is 3. The summed E-state index contributed by atoms with van der Waals surface area (Å²) in [4.78, 5) is 7.15. The Morgan fingerprint density at radius 3 is 2.58 bits per heavy atom. The first-order valence-electron chi connectivity index (χ1n) is 11.5. The summed E-state index contributed by atoms with van der Waals surface area (Å²) in [6.45, 7) is 4.66. The number of nitrogens with one attached hydrogen (secondary N) is 1. The summed E-state index contributed by atoms with van der Waals surface area (Å²) in [6.07, 6.45) is 3.72. The van der Waals surface area contributed by atoms with E-state index >= 15 is 0 Å². The van der Waals surface area contributed by atoms with Gasteiger partial charge in [-0.2, -0.15) is 9.36 Å². The third-order valence-electron chi connectivity index (χ3n) is 7.37. The molecule has 33 heavy (non-hydrogen) atoms. The van der Waals surface area contributed by atoms with Crippen molar-refractivity contribution in [2.75, 3.05) is 23.3 Å². The summed E-state index contributed by atoms with van der Waals surface area (Å²) >= 11 is 1.56. The van der Waals surface area contributed by atoms with Gasteiger partial charge in [0.2, 0.25) is 5.95 Å². The quantitative estimate of drug-likeness (QED) is 0.555. The Morgan fingerprint density at radius 1 is 1.06 bits per heavy atom. The first-order chi connectivity index (χ1) is 16.0. The highest BCUT2D eigenvalue weighted by Gasteiger charge is 2.43. The third-order valence-corrected chi connectivity index (χ3v) is 8.31. The Labute approximate surface area is 194 Å². The average molecular weight is 475 g/mol. The standard InChI is InChI=1S/C23H25F3N6S/c1-12-9-18(33-30-12)31-10-13-4-5-14(11-31)21(13)27-23-28-22-16(3-2-8-32(22)29-23)15-6-7-17(24)20(26)19(15)25/h6-7,9,13-14,16,21H,2-5,8,10-11H2,1H3,(H,27,29)/t13-,14+,16?,21?. The molecule has 4 atom stereocenters. The number of benzene rings is 1. The molecule has 1 aromatic carbocycles. The Balaban J connectivity index is 1.22. The van der Waals surface area contributed by atoms with Crippen LogP contribution in [0.5, 0.6) is 0 Å². The van der Waals surface area contributed by atoms with Gasteiger partial charge in [0.1, 0.15) is 10.8 Å². The van der Waals surface area contributed by atoms with Gasteiger partial charge in [0.05, 0.1) is 5.69 Å². The average Bonchev–Trinajstić information content (AvgIpc) is 3.48. The first-order valence-corrected chi connectivity index (χ1v) is 12.3. The van der Waals surface area contributed by atoms with Gasteiger partial charge in [-0.1, -0.05) is 6.07 Å². The van der Waals surface area contributed by atoms with E-state index in [1.165, 1.54) is 11.1 Å². The predicted molar refractivity (Wildman–Crippen MR) is 120 cm³/mol. The normalized spacial score (nSPS) is 26.5. The Bertz CT molecular complexity index is 1180. The van der Waals surface area contributed by atoms with Crippen LogP contribution < -0.4 is 10.2 Å². The van der Waals surface area contributed by atoms with E-state index in [1.807, 2.05) is 6.92 Å². The van der Waals surface area contributed by atoms with E-state index in [1.54, 1.807) is 16.2 Å². The Kier molecular flexibility index (Phi) is 5.08. The molecular formula is C23H25F3N6S. The van der Waals surface area contributed by atoms with Crippen molar-refractivity contribution in [1.82, 2.24) is 19.1 Å². The SMILES string of the molecule is Cc1cc(N2C[C@H]3CC[C@@H](C2)C3Nc2nc3n(n2)CCCC3c2ccc(F)c(F)c2F)sn1. The summed E-state index contributed by atoms with van der Waals surface area (Å²) in [5.74, 6) is -2.03.